The van der Waals surface area contributed by atoms with Gasteiger partial charge in [-0.05, 0) is 25.7 Å². The van der Waals surface area contributed by atoms with E-state index in [9.17, 15) is 0 Å². The van der Waals surface area contributed by atoms with E-state index in [0.717, 1.165) is 35.4 Å². The van der Waals surface area contributed by atoms with Crippen LogP contribution in [0, 0.1) is 5.41 Å². The molecule has 0 aromatic rings. The normalized spacial score (nSPS) is 12.3. The van der Waals surface area contributed by atoms with E-state index in [2.05, 4.69) is 56.1 Å². The number of quaternary nitrogens is 2. The van der Waals surface area contributed by atoms with Gasteiger partial charge in [0.25, 0.3) is 0 Å². The fourth-order valence-electron chi connectivity index (χ4n) is 5.68. The third kappa shape index (κ3) is 36.0. The van der Waals surface area contributed by atoms with Gasteiger partial charge >= 0.3 is 0 Å². The monoisotopic (exact) mass is 838 g/mol. The van der Waals surface area contributed by atoms with Crippen LogP contribution in [0.4, 0.5) is 0 Å². The van der Waals surface area contributed by atoms with Crippen LogP contribution in [0.1, 0.15) is 155 Å². The zero-order valence-corrected chi connectivity index (χ0v) is 35.1. The molecule has 43 heavy (non-hydrogen) atoms. The molecule has 6 heteroatoms. The summed E-state index contributed by atoms with van der Waals surface area (Å²) in [5, 5.41) is 0. The summed E-state index contributed by atoms with van der Waals surface area (Å²) >= 11 is 0. The lowest BCUT2D eigenvalue weighted by Gasteiger charge is -2.38. The smallest absolute Gasteiger partial charge is 0.0786 e. The summed E-state index contributed by atoms with van der Waals surface area (Å²) in [5.41, 5.74) is 0.317. The third-order valence-electron chi connectivity index (χ3n) is 8.81. The minimum atomic E-state index is 0. The predicted octanol–water partition coefficient (Wildman–Crippen LogP) is 4.05. The molecule has 0 atom stereocenters. The standard InChI is InChI=1S/C37H80N2O2.2HI/c1-9-11-13-15-16-17-18-19-22-27-35-41-36-37(29-31-38(3,4)5,30-32-39(6,7)8)28-24-21-20-23-26-34-40-33-25-14-12-10-2;;/h9-36H2,1-8H3;2*1H/q+2;;/p-2. The van der Waals surface area contributed by atoms with Crippen molar-refractivity contribution in [1.29, 1.82) is 0 Å². The predicted molar refractivity (Wildman–Crippen MR) is 183 cm³/mol. The van der Waals surface area contributed by atoms with Crippen LogP contribution in [0.5, 0.6) is 0 Å². The van der Waals surface area contributed by atoms with Crippen molar-refractivity contribution in [3.8, 4) is 0 Å². The van der Waals surface area contributed by atoms with Gasteiger partial charge in [0.15, 0.2) is 0 Å². The first kappa shape index (κ1) is 48.7. The van der Waals surface area contributed by atoms with Crippen molar-refractivity contribution in [3.05, 3.63) is 0 Å². The molecule has 0 amide bonds. The molecule has 0 aliphatic rings. The average Bonchev–Trinajstić information content (AvgIpc) is 2.91. The molecule has 0 saturated heterocycles. The van der Waals surface area contributed by atoms with E-state index in [0.29, 0.717) is 5.41 Å². The molecule has 0 N–H and O–H groups in total. The summed E-state index contributed by atoms with van der Waals surface area (Å²) in [6.45, 7) is 10.8. The Morgan fingerprint density at radius 2 is 0.721 bits per heavy atom. The highest BCUT2D eigenvalue weighted by Crippen LogP contribution is 2.35. The van der Waals surface area contributed by atoms with Gasteiger partial charge in [-0.1, -0.05) is 117 Å². The van der Waals surface area contributed by atoms with Gasteiger partial charge in [-0.25, -0.2) is 0 Å². The minimum absolute atomic E-state index is 0. The Morgan fingerprint density at radius 3 is 1.12 bits per heavy atom. The molecule has 0 spiro atoms. The number of hydrogen-bond acceptors (Lipinski definition) is 2. The highest BCUT2D eigenvalue weighted by atomic mass is 127. The van der Waals surface area contributed by atoms with Crippen LogP contribution in [0.25, 0.3) is 0 Å². The van der Waals surface area contributed by atoms with E-state index in [1.54, 1.807) is 0 Å². The van der Waals surface area contributed by atoms with Crippen molar-refractivity contribution in [2.45, 2.75) is 155 Å². The largest absolute Gasteiger partial charge is 1.00 e. The van der Waals surface area contributed by atoms with Gasteiger partial charge < -0.3 is 66.4 Å². The number of nitrogens with zero attached hydrogens (tertiary/aromatic N) is 2. The van der Waals surface area contributed by atoms with Crippen molar-refractivity contribution < 1.29 is 66.4 Å². The molecule has 264 valence electrons. The second-order valence-electron chi connectivity index (χ2n) is 15.5. The zero-order valence-electron chi connectivity index (χ0n) is 30.8. The Hall–Kier alpha value is 1.30. The molecule has 0 bridgehead atoms. The van der Waals surface area contributed by atoms with Crippen molar-refractivity contribution >= 4 is 0 Å². The summed E-state index contributed by atoms with van der Waals surface area (Å²) < 4.78 is 14.5. The molecule has 0 fully saturated rings. The maximum Gasteiger partial charge on any atom is 0.0786 e. The molecule has 0 aromatic heterocycles. The molecule has 0 aliphatic carbocycles. The molecule has 0 heterocycles. The second-order valence-corrected chi connectivity index (χ2v) is 15.5. The van der Waals surface area contributed by atoms with Gasteiger partial charge in [-0.3, -0.25) is 0 Å². The Bertz CT molecular complexity index is 502. The van der Waals surface area contributed by atoms with Gasteiger partial charge in [0.1, 0.15) is 0 Å². The number of hydrogen-bond donors (Lipinski definition) is 0. The molecule has 0 rings (SSSR count). The van der Waals surface area contributed by atoms with Gasteiger partial charge in [-0.15, -0.1) is 0 Å². The SMILES string of the molecule is CCCCCCCCCCCCOCC(CCCCCCCOCCCCCC)(CC[N+](C)(C)C)CC[N+](C)(C)C.[I-].[I-]. The van der Waals surface area contributed by atoms with E-state index in [1.807, 2.05) is 0 Å². The molecule has 0 radical (unpaired) electrons. The fraction of sp³-hybridized carbons (Fsp3) is 1.00. The van der Waals surface area contributed by atoms with E-state index in [4.69, 9.17) is 9.47 Å². The summed E-state index contributed by atoms with van der Waals surface area (Å²) in [4.78, 5) is 0. The minimum Gasteiger partial charge on any atom is -1.00 e. The first-order valence-electron chi connectivity index (χ1n) is 18.3. The van der Waals surface area contributed by atoms with Gasteiger partial charge in [0, 0.05) is 38.1 Å². The van der Waals surface area contributed by atoms with Crippen molar-refractivity contribution in [2.75, 3.05) is 81.8 Å². The second kappa shape index (κ2) is 31.9. The van der Waals surface area contributed by atoms with E-state index >= 15 is 0 Å². The van der Waals surface area contributed by atoms with Crippen LogP contribution >= 0.6 is 0 Å². The lowest BCUT2D eigenvalue weighted by Crippen LogP contribution is -3.00. The quantitative estimate of drug-likeness (QED) is 0.0580. The Morgan fingerprint density at radius 1 is 0.395 bits per heavy atom. The topological polar surface area (TPSA) is 18.5 Å². The van der Waals surface area contributed by atoms with Crippen molar-refractivity contribution in [1.82, 2.24) is 0 Å². The molecule has 0 saturated carbocycles. The molecule has 4 nitrogen and oxygen atoms in total. The Balaban J connectivity index is -0.00000800. The molecule has 0 aliphatic heterocycles. The fourth-order valence-corrected chi connectivity index (χ4v) is 5.68. The van der Waals surface area contributed by atoms with E-state index in [1.165, 1.54) is 154 Å². The maximum absolute atomic E-state index is 6.53. The zero-order chi connectivity index (χ0) is 30.7. The van der Waals surface area contributed by atoms with E-state index < -0.39 is 0 Å². The average molecular weight is 839 g/mol. The number of ether oxygens (including phenoxy) is 2. The highest BCUT2D eigenvalue weighted by molar-refractivity contribution is 4.80. The third-order valence-corrected chi connectivity index (χ3v) is 8.81. The van der Waals surface area contributed by atoms with Gasteiger partial charge in [-0.2, -0.15) is 0 Å². The first-order chi connectivity index (χ1) is 19.5. The lowest BCUT2D eigenvalue weighted by molar-refractivity contribution is -0.874. The van der Waals surface area contributed by atoms with Gasteiger partial charge in [0.2, 0.25) is 0 Å². The Kier molecular flexibility index (Phi) is 36.1. The molecule has 0 aromatic carbocycles. The summed E-state index contributed by atoms with van der Waals surface area (Å²) in [5.74, 6) is 0. The van der Waals surface area contributed by atoms with Gasteiger partial charge in [0.05, 0.1) is 62.0 Å². The summed E-state index contributed by atoms with van der Waals surface area (Å²) in [7, 11) is 14.1. The summed E-state index contributed by atoms with van der Waals surface area (Å²) in [6, 6.07) is 0. The van der Waals surface area contributed by atoms with Crippen molar-refractivity contribution in [2.24, 2.45) is 5.41 Å². The first-order valence-corrected chi connectivity index (χ1v) is 18.3. The van der Waals surface area contributed by atoms with E-state index in [-0.39, 0.29) is 48.0 Å². The Labute approximate surface area is 306 Å². The van der Waals surface area contributed by atoms with Crippen molar-refractivity contribution in [3.63, 3.8) is 0 Å². The molecular weight excluding hydrogens is 758 g/mol. The van der Waals surface area contributed by atoms with Crippen LogP contribution in [-0.2, 0) is 9.47 Å². The highest BCUT2D eigenvalue weighted by Gasteiger charge is 2.34. The number of halogens is 2. The van der Waals surface area contributed by atoms with Crippen LogP contribution in [0.3, 0.4) is 0 Å². The maximum atomic E-state index is 6.53. The van der Waals surface area contributed by atoms with Crippen LogP contribution in [-0.4, -0.2) is 90.8 Å². The molecular formula is C37H80I2N2O2. The number of rotatable bonds is 32. The summed E-state index contributed by atoms with van der Waals surface area (Å²) in [6.07, 6.45) is 29.5. The van der Waals surface area contributed by atoms with Crippen LogP contribution < -0.4 is 48.0 Å². The van der Waals surface area contributed by atoms with Crippen LogP contribution in [0.15, 0.2) is 0 Å². The van der Waals surface area contributed by atoms with Crippen LogP contribution in [0.2, 0.25) is 0 Å². The number of unbranched alkanes of at least 4 members (excludes halogenated alkanes) is 16. The lowest BCUT2D eigenvalue weighted by atomic mass is 9.76. The molecule has 0 unspecified atom stereocenters.